The van der Waals surface area contributed by atoms with Crippen molar-refractivity contribution in [3.8, 4) is 11.1 Å². The molecule has 0 saturated carbocycles. The zero-order valence-electron chi connectivity index (χ0n) is 13.3. The highest BCUT2D eigenvalue weighted by atomic mass is 16.6. The quantitative estimate of drug-likeness (QED) is 0.846. The average Bonchev–Trinajstić information content (AvgIpc) is 2.45. The highest BCUT2D eigenvalue weighted by molar-refractivity contribution is 6.12. The second-order valence-electron chi connectivity index (χ2n) is 6.33. The normalized spacial score (nSPS) is 12.4. The number of amides is 3. The molecule has 0 aliphatic carbocycles. The van der Waals surface area contributed by atoms with Crippen LogP contribution in [0.3, 0.4) is 0 Å². The molecule has 118 valence electrons. The molecular weight excluding hydrogens is 292 g/mol. The summed E-state index contributed by atoms with van der Waals surface area (Å²) in [6.07, 6.45) is -0.751. The Balaban J connectivity index is 1.76. The summed E-state index contributed by atoms with van der Waals surface area (Å²) in [6, 6.07) is 15.0. The maximum atomic E-state index is 12.3. The van der Waals surface area contributed by atoms with Gasteiger partial charge in [-0.2, -0.15) is 0 Å². The minimum absolute atomic E-state index is 0.510. The molecule has 2 heterocycles. The molecule has 5 nitrogen and oxygen atoms in total. The molecule has 2 aliphatic rings. The number of nitrogens with one attached hydrogen (secondary N) is 1. The SMILES string of the molecule is CC(C)(C)OC(=O)NC(=O)N1c2ccc(-c3ccccc3)c1c2. The van der Waals surface area contributed by atoms with Crippen molar-refractivity contribution in [2.45, 2.75) is 26.4 Å². The number of ether oxygens (including phenoxy) is 1. The fourth-order valence-electron chi connectivity index (χ4n) is 2.45. The lowest BCUT2D eigenvalue weighted by Crippen LogP contribution is -2.45. The minimum atomic E-state index is -0.751. The second kappa shape index (κ2) is 5.43. The molecular formula is C18H18N2O3. The number of hydrogen-bond acceptors (Lipinski definition) is 3. The topological polar surface area (TPSA) is 58.6 Å². The predicted molar refractivity (Wildman–Crippen MR) is 88.8 cm³/mol. The van der Waals surface area contributed by atoms with E-state index in [2.05, 4.69) is 5.32 Å². The Morgan fingerprint density at radius 1 is 1.04 bits per heavy atom. The largest absolute Gasteiger partial charge is 0.443 e. The van der Waals surface area contributed by atoms with E-state index in [1.165, 1.54) is 4.90 Å². The van der Waals surface area contributed by atoms with E-state index in [1.807, 2.05) is 48.5 Å². The molecule has 2 bridgehead atoms. The number of rotatable bonds is 1. The molecule has 0 aromatic heterocycles. The van der Waals surface area contributed by atoms with Gasteiger partial charge in [-0.05, 0) is 38.5 Å². The van der Waals surface area contributed by atoms with Gasteiger partial charge in [0.25, 0.3) is 0 Å². The van der Waals surface area contributed by atoms with Gasteiger partial charge >= 0.3 is 12.1 Å². The number of anilines is 2. The zero-order valence-corrected chi connectivity index (χ0v) is 13.3. The number of carbonyl (C=O) groups is 2. The first-order valence-electron chi connectivity index (χ1n) is 7.39. The molecule has 0 saturated heterocycles. The fraction of sp³-hybridized carbons (Fsp3) is 0.222. The number of alkyl carbamates (subject to hydrolysis) is 1. The summed E-state index contributed by atoms with van der Waals surface area (Å²) in [5, 5.41) is 2.26. The Kier molecular flexibility index (Phi) is 3.56. The number of fused-ring (bicyclic) bond motifs is 2. The standard InChI is InChI=1S/C18H18N2O3/c1-18(2,3)23-17(22)19-16(21)20-13-9-10-14(15(20)11-13)12-7-5-4-6-8-12/h4-11H,1-3H3,(H,19,21,22). The van der Waals surface area contributed by atoms with Crippen molar-refractivity contribution >= 4 is 23.5 Å². The van der Waals surface area contributed by atoms with Crippen LogP contribution in [0.15, 0.2) is 48.5 Å². The monoisotopic (exact) mass is 310 g/mol. The minimum Gasteiger partial charge on any atom is -0.443 e. The summed E-state index contributed by atoms with van der Waals surface area (Å²) in [4.78, 5) is 25.5. The molecule has 1 N–H and O–H groups in total. The summed E-state index contributed by atoms with van der Waals surface area (Å²) < 4.78 is 5.11. The fourth-order valence-corrected chi connectivity index (χ4v) is 2.45. The van der Waals surface area contributed by atoms with Crippen molar-refractivity contribution < 1.29 is 14.3 Å². The molecule has 0 atom stereocenters. The molecule has 0 radical (unpaired) electrons. The van der Waals surface area contributed by atoms with Crippen molar-refractivity contribution in [2.75, 3.05) is 4.90 Å². The highest BCUT2D eigenvalue weighted by Crippen LogP contribution is 2.45. The number of carbonyl (C=O) groups excluding carboxylic acids is 2. The molecule has 4 rings (SSSR count). The van der Waals surface area contributed by atoms with E-state index in [9.17, 15) is 9.59 Å². The first-order chi connectivity index (χ1) is 10.8. The number of hydrogen-bond donors (Lipinski definition) is 1. The smallest absolute Gasteiger partial charge is 0.415 e. The third kappa shape index (κ3) is 3.04. The summed E-state index contributed by atoms with van der Waals surface area (Å²) in [6.45, 7) is 5.24. The third-order valence-corrected chi connectivity index (χ3v) is 3.38. The Morgan fingerprint density at radius 2 is 1.74 bits per heavy atom. The average molecular weight is 310 g/mol. The van der Waals surface area contributed by atoms with Crippen LogP contribution in [0.25, 0.3) is 11.1 Å². The van der Waals surface area contributed by atoms with Gasteiger partial charge in [-0.25, -0.2) is 14.9 Å². The molecule has 0 spiro atoms. The highest BCUT2D eigenvalue weighted by Gasteiger charge is 2.31. The van der Waals surface area contributed by atoms with E-state index in [0.29, 0.717) is 0 Å². The molecule has 2 aromatic carbocycles. The number of imide groups is 1. The van der Waals surface area contributed by atoms with Gasteiger partial charge < -0.3 is 4.74 Å². The Labute approximate surface area is 134 Å². The van der Waals surface area contributed by atoms with Crippen LogP contribution in [0.1, 0.15) is 20.8 Å². The van der Waals surface area contributed by atoms with Crippen molar-refractivity contribution in [1.29, 1.82) is 0 Å². The number of benzene rings is 2. The van der Waals surface area contributed by atoms with E-state index >= 15 is 0 Å². The first-order valence-corrected chi connectivity index (χ1v) is 7.39. The third-order valence-electron chi connectivity index (χ3n) is 3.38. The van der Waals surface area contributed by atoms with E-state index in [-0.39, 0.29) is 0 Å². The van der Waals surface area contributed by atoms with Crippen LogP contribution < -0.4 is 10.2 Å². The van der Waals surface area contributed by atoms with Gasteiger partial charge in [-0.3, -0.25) is 4.90 Å². The van der Waals surface area contributed by atoms with Gasteiger partial charge in [-0.1, -0.05) is 36.4 Å². The summed E-state index contributed by atoms with van der Waals surface area (Å²) in [5.74, 6) is 0. The first kappa shape index (κ1) is 15.1. The number of urea groups is 1. The molecule has 3 amide bonds. The summed E-state index contributed by atoms with van der Waals surface area (Å²) >= 11 is 0. The van der Waals surface area contributed by atoms with Gasteiger partial charge in [0.05, 0.1) is 11.4 Å². The molecule has 5 heteroatoms. The molecule has 0 fully saturated rings. The lowest BCUT2D eigenvalue weighted by molar-refractivity contribution is 0.0550. The Hall–Kier alpha value is -2.82. The van der Waals surface area contributed by atoms with Crippen LogP contribution in [-0.4, -0.2) is 17.7 Å². The van der Waals surface area contributed by atoms with Crippen molar-refractivity contribution in [3.05, 3.63) is 48.5 Å². The van der Waals surface area contributed by atoms with Crippen molar-refractivity contribution in [1.82, 2.24) is 5.32 Å². The number of nitrogens with zero attached hydrogens (tertiary/aromatic N) is 1. The maximum Gasteiger partial charge on any atom is 0.415 e. The molecule has 0 unspecified atom stereocenters. The van der Waals surface area contributed by atoms with Gasteiger partial charge in [-0.15, -0.1) is 0 Å². The van der Waals surface area contributed by atoms with Crippen LogP contribution in [0, 0.1) is 0 Å². The van der Waals surface area contributed by atoms with Crippen LogP contribution in [-0.2, 0) is 4.74 Å². The lowest BCUT2D eigenvalue weighted by Gasteiger charge is -2.33. The molecule has 2 aliphatic heterocycles. The predicted octanol–water partition coefficient (Wildman–Crippen LogP) is 4.45. The van der Waals surface area contributed by atoms with Gasteiger partial charge in [0.1, 0.15) is 5.60 Å². The van der Waals surface area contributed by atoms with Crippen molar-refractivity contribution in [3.63, 3.8) is 0 Å². The van der Waals surface area contributed by atoms with Crippen LogP contribution >= 0.6 is 0 Å². The second-order valence-corrected chi connectivity index (χ2v) is 6.33. The van der Waals surface area contributed by atoms with E-state index in [4.69, 9.17) is 4.74 Å². The van der Waals surface area contributed by atoms with Gasteiger partial charge in [0, 0.05) is 5.56 Å². The van der Waals surface area contributed by atoms with Crippen molar-refractivity contribution in [2.24, 2.45) is 0 Å². The van der Waals surface area contributed by atoms with Crippen LogP contribution in [0.4, 0.5) is 21.0 Å². The van der Waals surface area contributed by atoms with E-state index in [0.717, 1.165) is 22.5 Å². The summed E-state index contributed by atoms with van der Waals surface area (Å²) in [7, 11) is 0. The molecule has 2 aromatic rings. The molecule has 23 heavy (non-hydrogen) atoms. The van der Waals surface area contributed by atoms with Gasteiger partial charge in [0.15, 0.2) is 0 Å². The Morgan fingerprint density at radius 3 is 2.35 bits per heavy atom. The van der Waals surface area contributed by atoms with E-state index < -0.39 is 17.7 Å². The van der Waals surface area contributed by atoms with Crippen LogP contribution in [0.2, 0.25) is 0 Å². The zero-order chi connectivity index (χ0) is 16.6. The van der Waals surface area contributed by atoms with Gasteiger partial charge in [0.2, 0.25) is 0 Å². The lowest BCUT2D eigenvalue weighted by atomic mass is 9.97. The maximum absolute atomic E-state index is 12.3. The Bertz CT molecular complexity index is 760. The van der Waals surface area contributed by atoms with E-state index in [1.54, 1.807) is 20.8 Å². The van der Waals surface area contributed by atoms with Crippen LogP contribution in [0.5, 0.6) is 0 Å². The summed E-state index contributed by atoms with van der Waals surface area (Å²) in [5.41, 5.74) is 2.84.